The molecule has 0 spiro atoms. The number of hydrogen-bond donors (Lipinski definition) is 4. The summed E-state index contributed by atoms with van der Waals surface area (Å²) in [6, 6.07) is 14.0. The van der Waals surface area contributed by atoms with Crippen LogP contribution >= 0.6 is 0 Å². The number of aromatic amines is 1. The average molecular weight is 565 g/mol. The Labute approximate surface area is 219 Å². The van der Waals surface area contributed by atoms with Crippen LogP contribution in [-0.2, 0) is 16.6 Å². The number of nitrogens with two attached hydrogens (primary N) is 1. The number of nitrogens with one attached hydrogen (secondary N) is 3. The Hall–Kier alpha value is -4.66. The van der Waals surface area contributed by atoms with Crippen molar-refractivity contribution in [1.82, 2.24) is 15.2 Å². The molecule has 39 heavy (non-hydrogen) atoms. The number of carbonyl (C=O) groups is 1. The highest BCUT2D eigenvalue weighted by atomic mass is 32.2. The summed E-state index contributed by atoms with van der Waals surface area (Å²) in [5.41, 5.74) is 6.10. The molecule has 0 aliphatic rings. The number of carbonyl (C=O) groups excluding carboxylic acids is 1. The minimum Gasteiger partial charge on any atom is -0.487 e. The molecule has 0 saturated carbocycles. The molecule has 5 N–H and O–H groups in total. The minimum absolute atomic E-state index is 0.0555. The number of primary amides is 1. The van der Waals surface area contributed by atoms with Gasteiger partial charge in [0.05, 0.1) is 11.4 Å². The van der Waals surface area contributed by atoms with Gasteiger partial charge in [-0.25, -0.2) is 17.8 Å². The van der Waals surface area contributed by atoms with Crippen molar-refractivity contribution in [3.05, 3.63) is 83.8 Å². The quantitative estimate of drug-likeness (QED) is 0.209. The molecule has 0 saturated heterocycles. The van der Waals surface area contributed by atoms with Gasteiger partial charge in [0.1, 0.15) is 29.6 Å². The number of aromatic nitrogens is 3. The second-order valence-electron chi connectivity index (χ2n) is 8.13. The Morgan fingerprint density at radius 2 is 1.82 bits per heavy atom. The van der Waals surface area contributed by atoms with E-state index in [9.17, 15) is 30.8 Å². The molecular weight excluding hydrogens is 544 g/mol. The summed E-state index contributed by atoms with van der Waals surface area (Å²) in [6.45, 7) is -0.185. The molecule has 0 atom stereocenters. The molecule has 2 aromatic carbocycles. The van der Waals surface area contributed by atoms with Crippen molar-refractivity contribution < 1.29 is 35.5 Å². The van der Waals surface area contributed by atoms with Gasteiger partial charge in [-0.3, -0.25) is 14.6 Å². The van der Waals surface area contributed by atoms with Gasteiger partial charge in [-0.05, 0) is 42.0 Å². The predicted octanol–water partition coefficient (Wildman–Crippen LogP) is 4.34. The summed E-state index contributed by atoms with van der Waals surface area (Å²) in [7, 11) is -4.85. The topological polar surface area (TPSA) is 152 Å². The molecule has 0 aliphatic heterocycles. The molecule has 0 fully saturated rings. The number of nitrogens with zero attached hydrogens (tertiary/aromatic N) is 2. The lowest BCUT2D eigenvalue weighted by atomic mass is 10.1. The zero-order valence-electron chi connectivity index (χ0n) is 19.8. The highest BCUT2D eigenvalue weighted by Crippen LogP contribution is 2.35. The van der Waals surface area contributed by atoms with E-state index in [2.05, 4.69) is 20.5 Å². The largest absolute Gasteiger partial charge is 0.487 e. The molecule has 1 amide bonds. The molecule has 204 valence electrons. The smallest absolute Gasteiger partial charge is 0.404 e. The number of amides is 1. The van der Waals surface area contributed by atoms with Gasteiger partial charge in [-0.15, -0.1) is 0 Å². The fourth-order valence-corrected chi connectivity index (χ4v) is 4.49. The number of pyridine rings is 1. The Bertz CT molecular complexity index is 1580. The normalized spacial score (nSPS) is 11.7. The summed E-state index contributed by atoms with van der Waals surface area (Å²) in [5.74, 6) is -3.22. The van der Waals surface area contributed by atoms with Crippen molar-refractivity contribution in [1.29, 1.82) is 0 Å². The molecule has 4 aromatic rings. The number of anilines is 3. The maximum atomic E-state index is 13.3. The fourth-order valence-electron chi connectivity index (χ4n) is 3.48. The number of H-pyrrole nitrogens is 1. The van der Waals surface area contributed by atoms with Crippen molar-refractivity contribution in [2.45, 2.75) is 12.8 Å². The molecule has 2 heterocycles. The standard InChI is InChI=1S/C24H20F4N6O4S/c25-16-7-4-14(5-8-16)12-38-18-11-15(6-9-17(18)34-39(36,37)13-24(26,27)28)21-20(22(29)35)23(33-32-21)31-19-3-1-2-10-30-19/h1-11,34H,12-13H2,(H2,29,35)(H2,30,31,32,33). The maximum Gasteiger partial charge on any atom is 0.404 e. The monoisotopic (exact) mass is 564 g/mol. The van der Waals surface area contributed by atoms with Gasteiger partial charge in [0.25, 0.3) is 5.91 Å². The zero-order valence-corrected chi connectivity index (χ0v) is 20.6. The van der Waals surface area contributed by atoms with Gasteiger partial charge in [0, 0.05) is 11.8 Å². The first-order valence-corrected chi connectivity index (χ1v) is 12.7. The van der Waals surface area contributed by atoms with Gasteiger partial charge in [-0.1, -0.05) is 24.3 Å². The third-order valence-corrected chi connectivity index (χ3v) is 6.36. The van der Waals surface area contributed by atoms with Crippen LogP contribution in [0, 0.1) is 5.82 Å². The maximum absolute atomic E-state index is 13.3. The summed E-state index contributed by atoms with van der Waals surface area (Å²) in [4.78, 5) is 16.4. The van der Waals surface area contributed by atoms with E-state index in [4.69, 9.17) is 10.5 Å². The Morgan fingerprint density at radius 3 is 2.46 bits per heavy atom. The lowest BCUT2D eigenvalue weighted by Gasteiger charge is -2.16. The van der Waals surface area contributed by atoms with Crippen molar-refractivity contribution in [2.75, 3.05) is 15.8 Å². The zero-order chi connectivity index (χ0) is 28.2. The van der Waals surface area contributed by atoms with E-state index >= 15 is 0 Å². The Balaban J connectivity index is 1.71. The predicted molar refractivity (Wildman–Crippen MR) is 134 cm³/mol. The molecular formula is C24H20F4N6O4S. The summed E-state index contributed by atoms with van der Waals surface area (Å²) in [5, 5.41) is 9.61. The van der Waals surface area contributed by atoms with Crippen LogP contribution in [0.2, 0.25) is 0 Å². The van der Waals surface area contributed by atoms with E-state index in [1.165, 1.54) is 48.7 Å². The highest BCUT2D eigenvalue weighted by molar-refractivity contribution is 7.92. The van der Waals surface area contributed by atoms with Crippen LogP contribution in [0.25, 0.3) is 11.3 Å². The lowest BCUT2D eigenvalue weighted by Crippen LogP contribution is -2.28. The molecule has 15 heteroatoms. The van der Waals surface area contributed by atoms with E-state index in [-0.39, 0.29) is 40.7 Å². The number of benzene rings is 2. The Morgan fingerprint density at radius 1 is 1.08 bits per heavy atom. The van der Waals surface area contributed by atoms with Crippen molar-refractivity contribution >= 4 is 33.3 Å². The number of rotatable bonds is 10. The summed E-state index contributed by atoms with van der Waals surface area (Å²) < 4.78 is 83.4. The second kappa shape index (κ2) is 11.0. The summed E-state index contributed by atoms with van der Waals surface area (Å²) >= 11 is 0. The van der Waals surface area contributed by atoms with Crippen LogP contribution < -0.4 is 20.5 Å². The SMILES string of the molecule is NC(=O)c1c(Nc2ccccn2)n[nH]c1-c1ccc(NS(=O)(=O)CC(F)(F)F)c(OCc2ccc(F)cc2)c1. The van der Waals surface area contributed by atoms with Crippen LogP contribution in [0.3, 0.4) is 0 Å². The number of hydrogen-bond acceptors (Lipinski definition) is 7. The third kappa shape index (κ3) is 7.22. The first-order chi connectivity index (χ1) is 18.4. The lowest BCUT2D eigenvalue weighted by molar-refractivity contribution is -0.106. The first kappa shape index (κ1) is 27.4. The van der Waals surface area contributed by atoms with Crippen LogP contribution in [0.1, 0.15) is 15.9 Å². The van der Waals surface area contributed by atoms with Crippen molar-refractivity contribution in [3.8, 4) is 17.0 Å². The van der Waals surface area contributed by atoms with Crippen LogP contribution in [-0.4, -0.2) is 41.4 Å². The van der Waals surface area contributed by atoms with Crippen LogP contribution in [0.5, 0.6) is 5.75 Å². The van der Waals surface area contributed by atoms with Gasteiger partial charge >= 0.3 is 6.18 Å². The second-order valence-corrected chi connectivity index (χ2v) is 9.85. The molecule has 2 aromatic heterocycles. The number of ether oxygens (including phenoxy) is 1. The number of halogens is 4. The third-order valence-electron chi connectivity index (χ3n) is 5.12. The first-order valence-electron chi connectivity index (χ1n) is 11.1. The van der Waals surface area contributed by atoms with E-state index in [1.54, 1.807) is 18.2 Å². The molecule has 0 bridgehead atoms. The average Bonchev–Trinajstić information content (AvgIpc) is 3.27. The Kier molecular flexibility index (Phi) is 7.71. The highest BCUT2D eigenvalue weighted by Gasteiger charge is 2.35. The molecule has 0 unspecified atom stereocenters. The summed E-state index contributed by atoms with van der Waals surface area (Å²) in [6.07, 6.45) is -3.46. The van der Waals surface area contributed by atoms with Gasteiger partial charge in [0.2, 0.25) is 10.0 Å². The fraction of sp³-hybridized carbons (Fsp3) is 0.125. The molecule has 0 radical (unpaired) electrons. The molecule has 4 rings (SSSR count). The van der Waals surface area contributed by atoms with Crippen LogP contribution in [0.15, 0.2) is 66.9 Å². The van der Waals surface area contributed by atoms with Gasteiger partial charge in [-0.2, -0.15) is 18.3 Å². The molecule has 0 aliphatic carbocycles. The van der Waals surface area contributed by atoms with Gasteiger partial charge < -0.3 is 15.8 Å². The number of sulfonamides is 1. The van der Waals surface area contributed by atoms with Crippen molar-refractivity contribution in [2.24, 2.45) is 5.73 Å². The number of alkyl halides is 3. The van der Waals surface area contributed by atoms with E-state index < -0.39 is 33.7 Å². The van der Waals surface area contributed by atoms with Crippen molar-refractivity contribution in [3.63, 3.8) is 0 Å². The van der Waals surface area contributed by atoms with Gasteiger partial charge in [0.15, 0.2) is 11.6 Å². The minimum atomic E-state index is -4.98. The van der Waals surface area contributed by atoms with E-state index in [0.29, 0.717) is 11.4 Å². The van der Waals surface area contributed by atoms with E-state index in [0.717, 1.165) is 0 Å². The van der Waals surface area contributed by atoms with Crippen LogP contribution in [0.4, 0.5) is 34.9 Å². The molecule has 10 nitrogen and oxygen atoms in total. The van der Waals surface area contributed by atoms with E-state index in [1.807, 2.05) is 4.72 Å².